The highest BCUT2D eigenvalue weighted by Gasteiger charge is 2.45. The number of alkyl halides is 3. The molecule has 0 spiro atoms. The molecular formula is C13H19F3N2O5. The van der Waals surface area contributed by atoms with E-state index in [4.69, 9.17) is 9.84 Å². The van der Waals surface area contributed by atoms with E-state index in [0.717, 1.165) is 14.0 Å². The number of halogens is 3. The molecule has 1 aliphatic rings. The molecule has 0 aromatic heterocycles. The molecule has 2 atom stereocenters. The Morgan fingerprint density at radius 1 is 1.35 bits per heavy atom. The lowest BCUT2D eigenvalue weighted by atomic mass is 10.00. The molecule has 23 heavy (non-hydrogen) atoms. The van der Waals surface area contributed by atoms with Crippen molar-refractivity contribution in [2.24, 2.45) is 0 Å². The van der Waals surface area contributed by atoms with E-state index in [2.05, 4.69) is 5.32 Å². The number of carbonyl (C=O) groups excluding carboxylic acids is 2. The van der Waals surface area contributed by atoms with Crippen molar-refractivity contribution in [3.8, 4) is 0 Å². The van der Waals surface area contributed by atoms with Gasteiger partial charge in [-0.05, 0) is 19.8 Å². The highest BCUT2D eigenvalue weighted by molar-refractivity contribution is 6.05. The summed E-state index contributed by atoms with van der Waals surface area (Å²) < 4.78 is 41.2. The molecule has 0 radical (unpaired) electrons. The molecule has 1 aliphatic heterocycles. The van der Waals surface area contributed by atoms with Gasteiger partial charge in [0.2, 0.25) is 11.5 Å². The van der Waals surface area contributed by atoms with E-state index in [1.807, 2.05) is 0 Å². The van der Waals surface area contributed by atoms with Crippen LogP contribution in [0.2, 0.25) is 0 Å². The third kappa shape index (κ3) is 5.08. The molecule has 10 heteroatoms. The summed E-state index contributed by atoms with van der Waals surface area (Å²) in [6, 6.07) is -0.655. The van der Waals surface area contributed by atoms with Crippen LogP contribution in [0.1, 0.15) is 26.2 Å². The van der Waals surface area contributed by atoms with E-state index in [9.17, 15) is 27.6 Å². The molecule has 0 saturated carbocycles. The molecule has 1 fully saturated rings. The van der Waals surface area contributed by atoms with Crippen molar-refractivity contribution in [1.29, 1.82) is 0 Å². The molecule has 0 aromatic rings. The standard InChI is InChI=1S/C13H19F3N2O5/c1-12(23-2,11(21)22)10(20)18-5-3-4-8(7-18)17-9(19)6-13(14,15)16/h8H,3-7H2,1-2H3,(H,17,19)(H,21,22)/t8-,12?/m0/s1. The Balaban J connectivity index is 2.69. The Labute approximate surface area is 130 Å². The van der Waals surface area contributed by atoms with E-state index in [0.29, 0.717) is 12.8 Å². The molecular weight excluding hydrogens is 321 g/mol. The average Bonchev–Trinajstić information content (AvgIpc) is 2.43. The van der Waals surface area contributed by atoms with Crippen molar-refractivity contribution in [2.75, 3.05) is 20.2 Å². The van der Waals surface area contributed by atoms with Crippen LogP contribution in [0, 0.1) is 0 Å². The zero-order chi connectivity index (χ0) is 17.8. The number of nitrogens with one attached hydrogen (secondary N) is 1. The van der Waals surface area contributed by atoms with E-state index in [1.165, 1.54) is 4.90 Å². The van der Waals surface area contributed by atoms with Gasteiger partial charge in [-0.25, -0.2) is 4.79 Å². The predicted octanol–water partition coefficient (Wildman–Crippen LogP) is 0.536. The van der Waals surface area contributed by atoms with Gasteiger partial charge in [-0.2, -0.15) is 13.2 Å². The number of amides is 2. The summed E-state index contributed by atoms with van der Waals surface area (Å²) in [4.78, 5) is 36.0. The van der Waals surface area contributed by atoms with Crippen LogP contribution in [0.15, 0.2) is 0 Å². The maximum Gasteiger partial charge on any atom is 0.397 e. The van der Waals surface area contributed by atoms with Gasteiger partial charge in [-0.3, -0.25) is 9.59 Å². The van der Waals surface area contributed by atoms with Crippen molar-refractivity contribution in [3.63, 3.8) is 0 Å². The van der Waals surface area contributed by atoms with Crippen LogP contribution in [-0.4, -0.2) is 65.8 Å². The second kappa shape index (κ2) is 7.16. The number of ether oxygens (including phenoxy) is 1. The lowest BCUT2D eigenvalue weighted by Gasteiger charge is -2.37. The number of rotatable bonds is 5. The second-order valence-corrected chi connectivity index (χ2v) is 5.49. The van der Waals surface area contributed by atoms with Crippen molar-refractivity contribution in [3.05, 3.63) is 0 Å². The summed E-state index contributed by atoms with van der Waals surface area (Å²) >= 11 is 0. The fourth-order valence-corrected chi connectivity index (χ4v) is 2.31. The molecule has 132 valence electrons. The fourth-order valence-electron chi connectivity index (χ4n) is 2.31. The lowest BCUT2D eigenvalue weighted by Crippen LogP contribution is -2.58. The van der Waals surface area contributed by atoms with Crippen molar-refractivity contribution in [1.82, 2.24) is 10.2 Å². The van der Waals surface area contributed by atoms with Crippen molar-refractivity contribution in [2.45, 2.75) is 44.0 Å². The molecule has 1 unspecified atom stereocenters. The summed E-state index contributed by atoms with van der Waals surface area (Å²) in [5.41, 5.74) is -2.07. The van der Waals surface area contributed by atoms with E-state index in [1.54, 1.807) is 0 Å². The van der Waals surface area contributed by atoms with Crippen LogP contribution in [0.25, 0.3) is 0 Å². The van der Waals surface area contributed by atoms with Crippen LogP contribution in [0.3, 0.4) is 0 Å². The van der Waals surface area contributed by atoms with Gasteiger partial charge in [0.25, 0.3) is 5.91 Å². The SMILES string of the molecule is COC(C)(C(=O)O)C(=O)N1CCC[C@H](NC(=O)CC(F)(F)F)C1. The van der Waals surface area contributed by atoms with Gasteiger partial charge < -0.3 is 20.1 Å². The second-order valence-electron chi connectivity index (χ2n) is 5.49. The number of carbonyl (C=O) groups is 3. The topological polar surface area (TPSA) is 95.9 Å². The minimum atomic E-state index is -4.60. The van der Waals surface area contributed by atoms with Crippen LogP contribution in [0.5, 0.6) is 0 Å². The number of methoxy groups -OCH3 is 1. The maximum absolute atomic E-state index is 12.3. The van der Waals surface area contributed by atoms with Gasteiger partial charge in [0.15, 0.2) is 0 Å². The highest BCUT2D eigenvalue weighted by Crippen LogP contribution is 2.21. The smallest absolute Gasteiger partial charge is 0.397 e. The Kier molecular flexibility index (Phi) is 5.98. The zero-order valence-corrected chi connectivity index (χ0v) is 12.8. The van der Waals surface area contributed by atoms with Crippen molar-refractivity contribution < 1.29 is 37.4 Å². The first-order valence-electron chi connectivity index (χ1n) is 6.93. The fraction of sp³-hybridized carbons (Fsp3) is 0.769. The summed E-state index contributed by atoms with van der Waals surface area (Å²) in [5.74, 6) is -3.44. The van der Waals surface area contributed by atoms with E-state index in [-0.39, 0.29) is 13.1 Å². The number of hydrogen-bond acceptors (Lipinski definition) is 4. The number of carboxylic acids is 1. The molecule has 0 aromatic carbocycles. The molecule has 7 nitrogen and oxygen atoms in total. The monoisotopic (exact) mass is 340 g/mol. The first kappa shape index (κ1) is 19.2. The summed E-state index contributed by atoms with van der Waals surface area (Å²) in [6.45, 7) is 1.29. The summed E-state index contributed by atoms with van der Waals surface area (Å²) in [5, 5.41) is 11.3. The normalized spacial score (nSPS) is 21.4. The molecule has 0 aliphatic carbocycles. The molecule has 1 heterocycles. The van der Waals surface area contributed by atoms with E-state index < -0.39 is 42.0 Å². The molecule has 1 rings (SSSR count). The maximum atomic E-state index is 12.3. The molecule has 1 saturated heterocycles. The third-order valence-corrected chi connectivity index (χ3v) is 3.66. The van der Waals surface area contributed by atoms with Gasteiger partial charge in [0.1, 0.15) is 6.42 Å². The third-order valence-electron chi connectivity index (χ3n) is 3.66. The molecule has 2 N–H and O–H groups in total. The van der Waals surface area contributed by atoms with Gasteiger partial charge in [-0.1, -0.05) is 0 Å². The number of likely N-dealkylation sites (tertiary alicyclic amines) is 1. The predicted molar refractivity (Wildman–Crippen MR) is 71.5 cm³/mol. The van der Waals surface area contributed by atoms with Gasteiger partial charge in [-0.15, -0.1) is 0 Å². The minimum absolute atomic E-state index is 0.0609. The first-order chi connectivity index (χ1) is 10.5. The quantitative estimate of drug-likeness (QED) is 0.712. The molecule has 2 amide bonds. The Morgan fingerprint density at radius 2 is 1.96 bits per heavy atom. The number of hydrogen-bond donors (Lipinski definition) is 2. The largest absolute Gasteiger partial charge is 0.479 e. The van der Waals surface area contributed by atoms with Crippen LogP contribution < -0.4 is 5.32 Å². The van der Waals surface area contributed by atoms with Crippen molar-refractivity contribution >= 4 is 17.8 Å². The lowest BCUT2D eigenvalue weighted by molar-refractivity contribution is -0.174. The van der Waals surface area contributed by atoms with Crippen LogP contribution in [-0.2, 0) is 19.1 Å². The van der Waals surface area contributed by atoms with E-state index >= 15 is 0 Å². The number of piperidine rings is 1. The Hall–Kier alpha value is -1.84. The van der Waals surface area contributed by atoms with Crippen LogP contribution in [0.4, 0.5) is 13.2 Å². The van der Waals surface area contributed by atoms with Crippen LogP contribution >= 0.6 is 0 Å². The Morgan fingerprint density at radius 3 is 2.43 bits per heavy atom. The highest BCUT2D eigenvalue weighted by atomic mass is 19.4. The minimum Gasteiger partial charge on any atom is -0.479 e. The Bertz CT molecular complexity index is 483. The zero-order valence-electron chi connectivity index (χ0n) is 12.8. The average molecular weight is 340 g/mol. The van der Waals surface area contributed by atoms with Gasteiger partial charge in [0, 0.05) is 26.2 Å². The molecule has 0 bridgehead atoms. The first-order valence-corrected chi connectivity index (χ1v) is 6.93. The van der Waals surface area contributed by atoms with Gasteiger partial charge in [0.05, 0.1) is 0 Å². The number of carboxylic acid groups (broad SMARTS) is 1. The number of nitrogens with zero attached hydrogens (tertiary/aromatic N) is 1. The summed E-state index contributed by atoms with van der Waals surface area (Å²) in [6.07, 6.45) is -5.36. The number of aliphatic carboxylic acids is 1. The summed E-state index contributed by atoms with van der Waals surface area (Å²) in [7, 11) is 1.08. The van der Waals surface area contributed by atoms with Gasteiger partial charge >= 0.3 is 12.1 Å².